The summed E-state index contributed by atoms with van der Waals surface area (Å²) in [5.74, 6) is -0.624. The fourth-order valence-electron chi connectivity index (χ4n) is 4.71. The molecule has 2 fully saturated rings. The largest absolute Gasteiger partial charge is 0.489 e. The third kappa shape index (κ3) is 7.90. The zero-order valence-corrected chi connectivity index (χ0v) is 24.5. The Labute approximate surface area is 247 Å². The topological polar surface area (TPSA) is 159 Å². The molecule has 3 N–H and O–H groups in total. The number of alkyl carbamates (subject to hydrolysis) is 1. The van der Waals surface area contributed by atoms with Crippen LogP contribution in [0.4, 0.5) is 13.6 Å². The number of likely N-dealkylation sites (tertiary alicyclic amines) is 1. The Morgan fingerprint density at radius 2 is 1.98 bits per heavy atom. The first-order valence-corrected chi connectivity index (χ1v) is 13.9. The Hall–Kier alpha value is -3.98. The summed E-state index contributed by atoms with van der Waals surface area (Å²) in [6, 6.07) is 1.96. The molecule has 15 heteroatoms. The van der Waals surface area contributed by atoms with Gasteiger partial charge in [0, 0.05) is 32.8 Å². The number of carbonyl (C=O) groups is 3. The number of nitrogens with two attached hydrogens (primary N) is 1. The second kappa shape index (κ2) is 14.0. The Bertz CT molecular complexity index is 1300. The molecule has 2 aliphatic rings. The lowest BCUT2D eigenvalue weighted by Gasteiger charge is -2.27. The minimum atomic E-state index is -3.05. The van der Waals surface area contributed by atoms with Gasteiger partial charge in [-0.05, 0) is 50.3 Å². The molecular formula is C28H37F2N5O8. The minimum absolute atomic E-state index is 0.000888. The van der Waals surface area contributed by atoms with Crippen LogP contribution in [-0.2, 0) is 14.3 Å². The summed E-state index contributed by atoms with van der Waals surface area (Å²) in [7, 11) is 4.32. The van der Waals surface area contributed by atoms with Crippen molar-refractivity contribution < 1.29 is 46.5 Å². The molecule has 2 heterocycles. The molecule has 2 aromatic rings. The number of likely N-dealkylation sites (N-methyl/N-ethyl adjacent to an activating group) is 1. The second-order valence-corrected chi connectivity index (χ2v) is 10.6. The Kier molecular flexibility index (Phi) is 10.4. The Morgan fingerprint density at radius 1 is 1.23 bits per heavy atom. The molecule has 43 heavy (non-hydrogen) atoms. The van der Waals surface area contributed by atoms with Crippen molar-refractivity contribution >= 4 is 17.9 Å². The van der Waals surface area contributed by atoms with Crippen molar-refractivity contribution in [3.63, 3.8) is 0 Å². The van der Waals surface area contributed by atoms with E-state index < -0.39 is 36.7 Å². The lowest BCUT2D eigenvalue weighted by atomic mass is 10.1. The molecule has 1 saturated heterocycles. The average Bonchev–Trinajstić information content (AvgIpc) is 3.54. The summed E-state index contributed by atoms with van der Waals surface area (Å²) in [5.41, 5.74) is 6.38. The van der Waals surface area contributed by atoms with E-state index in [9.17, 15) is 23.2 Å². The molecule has 0 radical (unpaired) electrons. The van der Waals surface area contributed by atoms with E-state index in [0.29, 0.717) is 31.2 Å². The smallest absolute Gasteiger partial charge is 0.407 e. The average molecular weight is 610 g/mol. The Morgan fingerprint density at radius 3 is 2.60 bits per heavy atom. The number of rotatable bonds is 13. The monoisotopic (exact) mass is 609 g/mol. The van der Waals surface area contributed by atoms with E-state index in [4.69, 9.17) is 24.4 Å². The van der Waals surface area contributed by atoms with Crippen LogP contribution in [0.2, 0.25) is 0 Å². The number of nitrogens with one attached hydrogen (secondary N) is 1. The summed E-state index contributed by atoms with van der Waals surface area (Å²) in [6.45, 7) is -0.514. The molecule has 0 unspecified atom stereocenters. The number of methoxy groups -OCH3 is 2. The number of hydrogen-bond acceptors (Lipinski definition) is 10. The van der Waals surface area contributed by atoms with Crippen LogP contribution in [0.15, 0.2) is 22.6 Å². The van der Waals surface area contributed by atoms with Crippen LogP contribution in [0, 0.1) is 5.92 Å². The number of ether oxygens (including phenoxy) is 4. The molecular weight excluding hydrogens is 572 g/mol. The quantitative estimate of drug-likeness (QED) is 0.346. The first-order chi connectivity index (χ1) is 20.5. The molecule has 3 amide bonds. The van der Waals surface area contributed by atoms with Gasteiger partial charge in [0.25, 0.3) is 5.91 Å². The van der Waals surface area contributed by atoms with Gasteiger partial charge in [0.05, 0.1) is 32.4 Å². The van der Waals surface area contributed by atoms with Gasteiger partial charge in [-0.3, -0.25) is 9.59 Å². The molecule has 0 bridgehead atoms. The fourth-order valence-corrected chi connectivity index (χ4v) is 4.71. The van der Waals surface area contributed by atoms with Gasteiger partial charge in [-0.2, -0.15) is 8.78 Å². The number of alkyl halides is 2. The minimum Gasteiger partial charge on any atom is -0.489 e. The number of halogens is 2. The van der Waals surface area contributed by atoms with Crippen molar-refractivity contribution in [3.05, 3.63) is 29.7 Å². The van der Waals surface area contributed by atoms with E-state index in [1.807, 2.05) is 0 Å². The van der Waals surface area contributed by atoms with Gasteiger partial charge < -0.3 is 44.2 Å². The normalized spacial score (nSPS) is 18.8. The van der Waals surface area contributed by atoms with Crippen LogP contribution >= 0.6 is 0 Å². The van der Waals surface area contributed by atoms with Crippen LogP contribution in [0.25, 0.3) is 11.5 Å². The van der Waals surface area contributed by atoms with Gasteiger partial charge in [-0.1, -0.05) is 0 Å². The van der Waals surface area contributed by atoms with Crippen LogP contribution < -0.4 is 20.5 Å². The molecule has 236 valence electrons. The van der Waals surface area contributed by atoms with E-state index >= 15 is 0 Å². The predicted octanol–water partition coefficient (Wildman–Crippen LogP) is 2.80. The number of hydrogen-bond donors (Lipinski definition) is 2. The van der Waals surface area contributed by atoms with Crippen molar-refractivity contribution in [3.8, 4) is 23.0 Å². The molecule has 1 aromatic heterocycles. The second-order valence-electron chi connectivity index (χ2n) is 10.6. The summed E-state index contributed by atoms with van der Waals surface area (Å²) in [4.78, 5) is 46.5. The van der Waals surface area contributed by atoms with Gasteiger partial charge in [0.2, 0.25) is 11.8 Å². The van der Waals surface area contributed by atoms with E-state index in [0.717, 1.165) is 12.8 Å². The number of carbonyl (C=O) groups excluding carboxylic acids is 3. The van der Waals surface area contributed by atoms with Crippen molar-refractivity contribution in [2.45, 2.75) is 50.9 Å². The highest BCUT2D eigenvalue weighted by molar-refractivity contribution is 5.98. The molecule has 13 nitrogen and oxygen atoms in total. The standard InChI is InChI=1S/C28H37F2N5O8/c1-15(31)23-22(26(37)35-13-18(32-28(38)40-4)12-19(35)25(36)34(2)9-10-39-3)33-24(43-23)17-7-8-20(42-27(29)30)21(11-17)41-14-16-5-6-16/h7-8,11,15-16,18-19,27H,5-6,9-10,12-14,31H2,1-4H3,(H,32,38)/t15-,18+,19-/m0/s1. The number of nitrogens with zero attached hydrogens (tertiary/aromatic N) is 3. The summed E-state index contributed by atoms with van der Waals surface area (Å²) in [5, 5.41) is 2.65. The molecule has 0 spiro atoms. The van der Waals surface area contributed by atoms with Crippen LogP contribution in [0.1, 0.15) is 48.5 Å². The summed E-state index contributed by atoms with van der Waals surface area (Å²) < 4.78 is 52.1. The molecule has 4 rings (SSSR count). The lowest BCUT2D eigenvalue weighted by molar-refractivity contribution is -0.134. The van der Waals surface area contributed by atoms with Gasteiger partial charge in [0.15, 0.2) is 23.0 Å². The summed E-state index contributed by atoms with van der Waals surface area (Å²) >= 11 is 0. The lowest BCUT2D eigenvalue weighted by Crippen LogP contribution is -2.47. The number of benzene rings is 1. The van der Waals surface area contributed by atoms with Crippen LogP contribution in [0.5, 0.6) is 11.5 Å². The predicted molar refractivity (Wildman–Crippen MR) is 148 cm³/mol. The molecule has 1 saturated carbocycles. The highest BCUT2D eigenvalue weighted by Gasteiger charge is 2.43. The van der Waals surface area contributed by atoms with E-state index in [2.05, 4.69) is 15.0 Å². The molecule has 1 aliphatic carbocycles. The van der Waals surface area contributed by atoms with Crippen molar-refractivity contribution in [2.24, 2.45) is 11.7 Å². The fraction of sp³-hybridized carbons (Fsp3) is 0.571. The van der Waals surface area contributed by atoms with E-state index in [-0.39, 0.29) is 47.7 Å². The van der Waals surface area contributed by atoms with Gasteiger partial charge >= 0.3 is 12.7 Å². The van der Waals surface area contributed by atoms with E-state index in [1.54, 1.807) is 14.0 Å². The first kappa shape index (κ1) is 31.9. The Balaban J connectivity index is 1.65. The highest BCUT2D eigenvalue weighted by Crippen LogP contribution is 2.37. The van der Waals surface area contributed by atoms with Crippen molar-refractivity contribution in [2.75, 3.05) is 47.6 Å². The number of oxazole rings is 1. The SMILES string of the molecule is COCCN(C)C(=O)[C@@H]1C[C@@H](NC(=O)OC)CN1C(=O)c1nc(-c2ccc(OC(F)F)c(OCC3CC3)c2)oc1[C@H](C)N. The molecule has 1 aliphatic heterocycles. The van der Waals surface area contributed by atoms with E-state index in [1.165, 1.54) is 42.2 Å². The zero-order valence-electron chi connectivity index (χ0n) is 24.5. The third-order valence-corrected chi connectivity index (χ3v) is 7.21. The summed E-state index contributed by atoms with van der Waals surface area (Å²) in [6.07, 6.45) is 1.43. The molecule has 3 atom stereocenters. The van der Waals surface area contributed by atoms with Gasteiger partial charge in [-0.25, -0.2) is 9.78 Å². The zero-order chi connectivity index (χ0) is 31.3. The first-order valence-electron chi connectivity index (χ1n) is 13.9. The number of amides is 3. The third-order valence-electron chi connectivity index (χ3n) is 7.21. The van der Waals surface area contributed by atoms with Crippen molar-refractivity contribution in [1.82, 2.24) is 20.1 Å². The van der Waals surface area contributed by atoms with Crippen LogP contribution in [0.3, 0.4) is 0 Å². The maximum Gasteiger partial charge on any atom is 0.407 e. The van der Waals surface area contributed by atoms with Crippen molar-refractivity contribution in [1.29, 1.82) is 0 Å². The van der Waals surface area contributed by atoms with Gasteiger partial charge in [-0.15, -0.1) is 0 Å². The number of aromatic nitrogens is 1. The maximum absolute atomic E-state index is 14.0. The highest BCUT2D eigenvalue weighted by atomic mass is 19.3. The molecule has 1 aromatic carbocycles. The van der Waals surface area contributed by atoms with Crippen LogP contribution in [-0.4, -0.2) is 99.0 Å². The van der Waals surface area contributed by atoms with Gasteiger partial charge in [0.1, 0.15) is 6.04 Å². The maximum atomic E-state index is 14.0.